The van der Waals surface area contributed by atoms with Crippen LogP contribution in [0.1, 0.15) is 18.9 Å². The smallest absolute Gasteiger partial charge is 0.261 e. The van der Waals surface area contributed by atoms with Crippen molar-refractivity contribution in [3.63, 3.8) is 0 Å². The van der Waals surface area contributed by atoms with Crippen LogP contribution in [0.25, 0.3) is 0 Å². The lowest BCUT2D eigenvalue weighted by atomic mass is 10.1. The lowest BCUT2D eigenvalue weighted by Crippen LogP contribution is -2.49. The molecule has 156 valence electrons. The van der Waals surface area contributed by atoms with E-state index < -0.39 is 6.04 Å². The van der Waals surface area contributed by atoms with Crippen molar-refractivity contribution in [3.8, 4) is 5.75 Å². The minimum absolute atomic E-state index is 0.180. The summed E-state index contributed by atoms with van der Waals surface area (Å²) in [5.41, 5.74) is 0.747. The molecule has 0 spiro atoms. The minimum Gasteiger partial charge on any atom is -0.482 e. The van der Waals surface area contributed by atoms with E-state index >= 15 is 0 Å². The molecule has 0 aliphatic heterocycles. The summed E-state index contributed by atoms with van der Waals surface area (Å²) in [5.74, 6) is -0.237. The summed E-state index contributed by atoms with van der Waals surface area (Å²) in [6.45, 7) is 1.75. The number of likely N-dealkylation sites (N-methyl/N-ethyl adjacent to an activating group) is 1. The van der Waals surface area contributed by atoms with Crippen LogP contribution < -0.4 is 10.1 Å². The lowest BCUT2D eigenvalue weighted by molar-refractivity contribution is -0.142. The molecule has 0 aliphatic rings. The fourth-order valence-electron chi connectivity index (χ4n) is 2.74. The maximum atomic E-state index is 13.0. The van der Waals surface area contributed by atoms with Crippen LogP contribution in [-0.2, 0) is 16.1 Å². The molecule has 2 aromatic carbocycles. The predicted molar refractivity (Wildman–Crippen MR) is 120 cm³/mol. The largest absolute Gasteiger partial charge is 0.482 e. The highest BCUT2D eigenvalue weighted by Gasteiger charge is 2.28. The van der Waals surface area contributed by atoms with E-state index in [9.17, 15) is 9.59 Å². The van der Waals surface area contributed by atoms with Crippen LogP contribution in [0.15, 0.2) is 40.9 Å². The second kappa shape index (κ2) is 11.1. The first kappa shape index (κ1) is 23.8. The SMILES string of the molecule is CC[C@H](C(=O)NC)N(Cc1ccc(Cl)c(Cl)c1)C(=O)COc1ccc(Br)cc1Cl. The van der Waals surface area contributed by atoms with Gasteiger partial charge in [0.05, 0.1) is 15.1 Å². The third-order valence-corrected chi connectivity index (χ3v) is 5.74. The monoisotopic (exact) mass is 520 g/mol. The molecule has 5 nitrogen and oxygen atoms in total. The first-order valence-electron chi connectivity index (χ1n) is 8.79. The zero-order valence-electron chi connectivity index (χ0n) is 15.8. The van der Waals surface area contributed by atoms with E-state index in [1.807, 2.05) is 6.92 Å². The van der Waals surface area contributed by atoms with Crippen molar-refractivity contribution in [2.45, 2.75) is 25.9 Å². The molecule has 0 bridgehead atoms. The number of ether oxygens (including phenoxy) is 1. The molecule has 0 saturated carbocycles. The standard InChI is InChI=1S/C20H20BrCl3N2O3/c1-3-17(20(28)25-2)26(10-12-4-6-14(22)15(23)8-12)19(27)11-29-18-7-5-13(21)9-16(18)24/h4-9,17H,3,10-11H2,1-2H3,(H,25,28)/t17-/m1/s1. The summed E-state index contributed by atoms with van der Waals surface area (Å²) in [5, 5.41) is 3.77. The molecule has 0 unspecified atom stereocenters. The van der Waals surface area contributed by atoms with E-state index in [2.05, 4.69) is 21.2 Å². The van der Waals surface area contributed by atoms with E-state index in [1.54, 1.807) is 36.4 Å². The van der Waals surface area contributed by atoms with Crippen molar-refractivity contribution >= 4 is 62.5 Å². The number of rotatable bonds is 8. The Bertz CT molecular complexity index is 895. The second-order valence-corrected chi connectivity index (χ2v) is 8.31. The Kier molecular flexibility index (Phi) is 9.08. The van der Waals surface area contributed by atoms with Crippen molar-refractivity contribution in [3.05, 3.63) is 61.5 Å². The molecule has 29 heavy (non-hydrogen) atoms. The van der Waals surface area contributed by atoms with Crippen LogP contribution in [-0.4, -0.2) is 36.4 Å². The van der Waals surface area contributed by atoms with Gasteiger partial charge in [-0.15, -0.1) is 0 Å². The van der Waals surface area contributed by atoms with Crippen LogP contribution in [0.2, 0.25) is 15.1 Å². The summed E-state index contributed by atoms with van der Waals surface area (Å²) in [6, 6.07) is 9.53. The number of carbonyl (C=O) groups is 2. The summed E-state index contributed by atoms with van der Waals surface area (Å²) < 4.78 is 6.40. The predicted octanol–water partition coefficient (Wildman–Crippen LogP) is 5.34. The van der Waals surface area contributed by atoms with Gasteiger partial charge >= 0.3 is 0 Å². The van der Waals surface area contributed by atoms with Crippen molar-refractivity contribution in [2.75, 3.05) is 13.7 Å². The van der Waals surface area contributed by atoms with E-state index in [-0.39, 0.29) is 25.0 Å². The van der Waals surface area contributed by atoms with Crippen molar-refractivity contribution in [1.82, 2.24) is 10.2 Å². The van der Waals surface area contributed by atoms with E-state index in [0.717, 1.165) is 10.0 Å². The lowest BCUT2D eigenvalue weighted by Gasteiger charge is -2.30. The quantitative estimate of drug-likeness (QED) is 0.509. The molecule has 0 fully saturated rings. The van der Waals surface area contributed by atoms with Crippen molar-refractivity contribution < 1.29 is 14.3 Å². The Balaban J connectivity index is 2.23. The summed E-state index contributed by atoms with van der Waals surface area (Å²) in [6.07, 6.45) is 0.436. The van der Waals surface area contributed by atoms with Gasteiger partial charge in [-0.05, 0) is 42.3 Å². The highest BCUT2D eigenvalue weighted by molar-refractivity contribution is 9.10. The van der Waals surface area contributed by atoms with Crippen LogP contribution in [0, 0.1) is 0 Å². The fourth-order valence-corrected chi connectivity index (χ4v) is 3.78. The average Bonchev–Trinajstić information content (AvgIpc) is 2.69. The third kappa shape index (κ3) is 6.51. The molecule has 9 heteroatoms. The summed E-state index contributed by atoms with van der Waals surface area (Å²) in [7, 11) is 1.53. The van der Waals surface area contributed by atoms with Gasteiger partial charge in [0.1, 0.15) is 11.8 Å². The second-order valence-electron chi connectivity index (χ2n) is 6.17. The molecule has 1 N–H and O–H groups in total. The maximum Gasteiger partial charge on any atom is 0.261 e. The number of benzene rings is 2. The van der Waals surface area contributed by atoms with Crippen LogP contribution >= 0.6 is 50.7 Å². The topological polar surface area (TPSA) is 58.6 Å². The summed E-state index contributed by atoms with van der Waals surface area (Å²) >= 11 is 21.5. The van der Waals surface area contributed by atoms with Crippen LogP contribution in [0.3, 0.4) is 0 Å². The Morgan fingerprint density at radius 2 is 1.83 bits per heavy atom. The molecular formula is C20H20BrCl3N2O3. The average molecular weight is 523 g/mol. The van der Waals surface area contributed by atoms with E-state index in [1.165, 1.54) is 11.9 Å². The van der Waals surface area contributed by atoms with Gasteiger partial charge in [0.2, 0.25) is 5.91 Å². The molecule has 0 saturated heterocycles. The van der Waals surface area contributed by atoms with Gasteiger partial charge in [-0.25, -0.2) is 0 Å². The molecule has 0 aliphatic carbocycles. The van der Waals surface area contributed by atoms with Crippen molar-refractivity contribution in [2.24, 2.45) is 0 Å². The third-order valence-electron chi connectivity index (χ3n) is 4.21. The summed E-state index contributed by atoms with van der Waals surface area (Å²) in [4.78, 5) is 26.8. The fraction of sp³-hybridized carbons (Fsp3) is 0.300. The molecular weight excluding hydrogens is 502 g/mol. The Morgan fingerprint density at radius 3 is 2.41 bits per heavy atom. The molecule has 0 aromatic heterocycles. The van der Waals surface area contributed by atoms with E-state index in [4.69, 9.17) is 39.5 Å². The first-order valence-corrected chi connectivity index (χ1v) is 10.7. The molecule has 2 amide bonds. The molecule has 0 radical (unpaired) electrons. The minimum atomic E-state index is -0.661. The van der Waals surface area contributed by atoms with Gasteiger partial charge in [-0.1, -0.05) is 63.7 Å². The first-order chi connectivity index (χ1) is 13.8. The van der Waals surface area contributed by atoms with Gasteiger partial charge in [-0.3, -0.25) is 9.59 Å². The number of halogens is 4. The van der Waals surface area contributed by atoms with E-state index in [0.29, 0.717) is 27.2 Å². The Labute approximate surface area is 193 Å². The zero-order valence-corrected chi connectivity index (χ0v) is 19.7. The van der Waals surface area contributed by atoms with Crippen LogP contribution in [0.5, 0.6) is 5.75 Å². The van der Waals surface area contributed by atoms with Gasteiger partial charge in [-0.2, -0.15) is 0 Å². The number of nitrogens with one attached hydrogen (secondary N) is 1. The van der Waals surface area contributed by atoms with Gasteiger partial charge in [0.15, 0.2) is 6.61 Å². The number of carbonyl (C=O) groups excluding carboxylic acids is 2. The number of nitrogens with zero attached hydrogens (tertiary/aromatic N) is 1. The molecule has 2 aromatic rings. The van der Waals surface area contributed by atoms with Gasteiger partial charge in [0.25, 0.3) is 5.91 Å². The number of hydrogen-bond acceptors (Lipinski definition) is 3. The highest BCUT2D eigenvalue weighted by atomic mass is 79.9. The number of hydrogen-bond donors (Lipinski definition) is 1. The molecule has 2 rings (SSSR count). The Morgan fingerprint density at radius 1 is 1.10 bits per heavy atom. The zero-order chi connectivity index (χ0) is 21.6. The number of amides is 2. The Hall–Kier alpha value is -1.47. The maximum absolute atomic E-state index is 13.0. The van der Waals surface area contributed by atoms with Crippen LogP contribution in [0.4, 0.5) is 0 Å². The normalized spacial score (nSPS) is 11.7. The van der Waals surface area contributed by atoms with Gasteiger partial charge < -0.3 is 15.0 Å². The highest BCUT2D eigenvalue weighted by Crippen LogP contribution is 2.28. The molecule has 1 atom stereocenters. The van der Waals surface area contributed by atoms with Crippen molar-refractivity contribution in [1.29, 1.82) is 0 Å². The van der Waals surface area contributed by atoms with Gasteiger partial charge in [0, 0.05) is 18.1 Å². The molecule has 0 heterocycles.